The lowest BCUT2D eigenvalue weighted by Gasteiger charge is -2.27. The lowest BCUT2D eigenvalue weighted by molar-refractivity contribution is -0.125. The summed E-state index contributed by atoms with van der Waals surface area (Å²) < 4.78 is 39.4. The smallest absolute Gasteiger partial charge is 0.302 e. The molecule has 24 heavy (non-hydrogen) atoms. The van der Waals surface area contributed by atoms with Gasteiger partial charge in [0, 0.05) is 36.8 Å². The lowest BCUT2D eigenvalue weighted by atomic mass is 10.1. The molecule has 1 unspecified atom stereocenters. The molecule has 2 amide bonds. The summed E-state index contributed by atoms with van der Waals surface area (Å²) in [6, 6.07) is 6.85. The Balaban J connectivity index is 1.71. The summed E-state index contributed by atoms with van der Waals surface area (Å²) in [6.45, 7) is 1.15. The normalized spacial score (nSPS) is 22.3. The zero-order chi connectivity index (χ0) is 17.3. The summed E-state index contributed by atoms with van der Waals surface area (Å²) in [5, 5.41) is 0. The number of hydrogen-bond donors (Lipinski definition) is 0. The first kappa shape index (κ1) is 16.8. The molecule has 0 saturated carbocycles. The van der Waals surface area contributed by atoms with E-state index in [1.54, 1.807) is 29.2 Å². The van der Waals surface area contributed by atoms with E-state index in [0.29, 0.717) is 24.5 Å². The van der Waals surface area contributed by atoms with Crippen LogP contribution in [-0.4, -0.2) is 52.3 Å². The highest BCUT2D eigenvalue weighted by molar-refractivity contribution is 7.86. The number of morpholine rings is 1. The number of ether oxygens (including phenoxy) is 1. The maximum absolute atomic E-state index is 12.8. The van der Waals surface area contributed by atoms with Crippen molar-refractivity contribution in [3.05, 3.63) is 24.3 Å². The average molecular weight is 356 g/mol. The highest BCUT2D eigenvalue weighted by atomic mass is 32.3. The van der Waals surface area contributed by atoms with E-state index in [0.717, 1.165) is 0 Å². The molecule has 2 aliphatic rings. The first-order valence-electron chi connectivity index (χ1n) is 7.54. The van der Waals surface area contributed by atoms with Crippen molar-refractivity contribution < 1.29 is 26.6 Å². The topological polar surface area (TPSA) is 84.0 Å². The minimum atomic E-state index is -4.60. The third kappa shape index (κ3) is 3.73. The highest BCUT2D eigenvalue weighted by Crippen LogP contribution is 2.28. The van der Waals surface area contributed by atoms with E-state index in [-0.39, 0.29) is 31.4 Å². The zero-order valence-electron chi connectivity index (χ0n) is 12.9. The van der Waals surface area contributed by atoms with Crippen LogP contribution in [0.5, 0.6) is 0 Å². The number of hydrogen-bond acceptors (Lipinski definition) is 5. The van der Waals surface area contributed by atoms with Crippen LogP contribution in [0.1, 0.15) is 6.42 Å². The van der Waals surface area contributed by atoms with Crippen LogP contribution in [0.3, 0.4) is 0 Å². The van der Waals surface area contributed by atoms with Gasteiger partial charge in [-0.05, 0) is 24.3 Å². The van der Waals surface area contributed by atoms with Gasteiger partial charge >= 0.3 is 10.2 Å². The fourth-order valence-corrected chi connectivity index (χ4v) is 3.81. The van der Waals surface area contributed by atoms with Crippen LogP contribution in [-0.2, 0) is 24.5 Å². The summed E-state index contributed by atoms with van der Waals surface area (Å²) in [5.41, 5.74) is 1.31. The SMILES string of the molecule is O=C1COCCN1c1ccc(N2CC(CS(=O)(=O)F)CC2=O)cc1. The quantitative estimate of drug-likeness (QED) is 0.742. The van der Waals surface area contributed by atoms with E-state index in [2.05, 4.69) is 0 Å². The van der Waals surface area contributed by atoms with E-state index >= 15 is 0 Å². The molecule has 0 aliphatic carbocycles. The molecule has 1 aromatic rings. The third-order valence-corrected chi connectivity index (χ3v) is 4.97. The second kappa shape index (κ2) is 6.48. The van der Waals surface area contributed by atoms with E-state index in [1.807, 2.05) is 0 Å². The second-order valence-electron chi connectivity index (χ2n) is 5.89. The van der Waals surface area contributed by atoms with Crippen LogP contribution in [0.4, 0.5) is 15.3 Å². The minimum Gasteiger partial charge on any atom is -0.370 e. The van der Waals surface area contributed by atoms with Crippen molar-refractivity contribution in [1.82, 2.24) is 0 Å². The van der Waals surface area contributed by atoms with Gasteiger partial charge in [-0.15, -0.1) is 3.89 Å². The predicted molar refractivity (Wildman–Crippen MR) is 85.0 cm³/mol. The van der Waals surface area contributed by atoms with E-state index in [4.69, 9.17) is 4.74 Å². The van der Waals surface area contributed by atoms with Crippen molar-refractivity contribution in [3.63, 3.8) is 0 Å². The van der Waals surface area contributed by atoms with Gasteiger partial charge in [-0.3, -0.25) is 9.59 Å². The molecule has 0 N–H and O–H groups in total. The summed E-state index contributed by atoms with van der Waals surface area (Å²) in [5.74, 6) is -1.55. The molecular formula is C15H17FN2O5S. The largest absolute Gasteiger partial charge is 0.370 e. The van der Waals surface area contributed by atoms with Gasteiger partial charge in [-0.2, -0.15) is 8.42 Å². The molecule has 7 nitrogen and oxygen atoms in total. The van der Waals surface area contributed by atoms with Gasteiger partial charge in [0.2, 0.25) is 5.91 Å². The maximum Gasteiger partial charge on any atom is 0.302 e. The number of carbonyl (C=O) groups excluding carboxylic acids is 2. The number of carbonyl (C=O) groups is 2. The molecule has 3 rings (SSSR count). The second-order valence-corrected chi connectivity index (χ2v) is 7.31. The number of nitrogens with zero attached hydrogens (tertiary/aromatic N) is 2. The molecule has 0 aromatic heterocycles. The molecule has 9 heteroatoms. The fourth-order valence-electron chi connectivity index (χ4n) is 3.03. The van der Waals surface area contributed by atoms with Gasteiger partial charge in [-0.1, -0.05) is 0 Å². The first-order valence-corrected chi connectivity index (χ1v) is 9.09. The van der Waals surface area contributed by atoms with Crippen LogP contribution in [0.2, 0.25) is 0 Å². The Morgan fingerprint density at radius 1 is 1.08 bits per heavy atom. The molecule has 130 valence electrons. The van der Waals surface area contributed by atoms with Gasteiger partial charge in [-0.25, -0.2) is 0 Å². The standard InChI is InChI=1S/C15H17FN2O5S/c16-24(21,22)10-11-7-14(19)18(8-11)13-3-1-12(2-4-13)17-5-6-23-9-15(17)20/h1-4,11H,5-10H2. The van der Waals surface area contributed by atoms with Crippen LogP contribution in [0.15, 0.2) is 24.3 Å². The van der Waals surface area contributed by atoms with E-state index in [9.17, 15) is 21.9 Å². The van der Waals surface area contributed by atoms with Crippen LogP contribution >= 0.6 is 0 Å². The van der Waals surface area contributed by atoms with Crippen LogP contribution in [0.25, 0.3) is 0 Å². The Kier molecular flexibility index (Phi) is 4.55. The Labute approximate surface area is 139 Å². The van der Waals surface area contributed by atoms with Crippen LogP contribution in [0, 0.1) is 5.92 Å². The highest BCUT2D eigenvalue weighted by Gasteiger charge is 2.33. The molecule has 0 bridgehead atoms. The predicted octanol–water partition coefficient (Wildman–Crippen LogP) is 0.702. The third-order valence-electron chi connectivity index (χ3n) is 4.10. The summed E-state index contributed by atoms with van der Waals surface area (Å²) in [4.78, 5) is 26.9. The number of amides is 2. The molecular weight excluding hydrogens is 339 g/mol. The van der Waals surface area contributed by atoms with Crippen molar-refractivity contribution in [3.8, 4) is 0 Å². The van der Waals surface area contributed by atoms with Gasteiger partial charge in [0.25, 0.3) is 5.91 Å². The van der Waals surface area contributed by atoms with Crippen LogP contribution < -0.4 is 9.80 Å². The van der Waals surface area contributed by atoms with Crippen molar-refractivity contribution in [2.45, 2.75) is 6.42 Å². The van der Waals surface area contributed by atoms with Crippen molar-refractivity contribution in [1.29, 1.82) is 0 Å². The summed E-state index contributed by atoms with van der Waals surface area (Å²) in [7, 11) is -4.60. The van der Waals surface area contributed by atoms with Gasteiger partial charge in [0.15, 0.2) is 0 Å². The Bertz CT molecular complexity index is 750. The van der Waals surface area contributed by atoms with E-state index < -0.39 is 21.9 Å². The molecule has 2 saturated heterocycles. The van der Waals surface area contributed by atoms with Gasteiger partial charge in [0.1, 0.15) is 6.61 Å². The zero-order valence-corrected chi connectivity index (χ0v) is 13.7. The molecule has 0 radical (unpaired) electrons. The first-order chi connectivity index (χ1) is 11.3. The molecule has 1 aromatic carbocycles. The Morgan fingerprint density at radius 2 is 1.71 bits per heavy atom. The fraction of sp³-hybridized carbons (Fsp3) is 0.467. The molecule has 2 aliphatic heterocycles. The molecule has 1 atom stereocenters. The number of anilines is 2. The summed E-state index contributed by atoms with van der Waals surface area (Å²) >= 11 is 0. The lowest BCUT2D eigenvalue weighted by Crippen LogP contribution is -2.41. The minimum absolute atomic E-state index is 0.00680. The molecule has 2 fully saturated rings. The number of rotatable bonds is 4. The average Bonchev–Trinajstić information content (AvgIpc) is 2.86. The molecule has 0 spiro atoms. The monoisotopic (exact) mass is 356 g/mol. The summed E-state index contributed by atoms with van der Waals surface area (Å²) in [6.07, 6.45) is 0.00680. The van der Waals surface area contributed by atoms with Crippen molar-refractivity contribution >= 4 is 33.4 Å². The maximum atomic E-state index is 12.8. The Hall–Kier alpha value is -2.00. The van der Waals surface area contributed by atoms with Gasteiger partial charge in [0.05, 0.1) is 12.4 Å². The Morgan fingerprint density at radius 3 is 2.29 bits per heavy atom. The number of benzene rings is 1. The van der Waals surface area contributed by atoms with E-state index in [1.165, 1.54) is 4.90 Å². The van der Waals surface area contributed by atoms with Gasteiger partial charge < -0.3 is 14.5 Å². The number of halogens is 1. The van der Waals surface area contributed by atoms with Crippen molar-refractivity contribution in [2.24, 2.45) is 5.92 Å². The molecule has 2 heterocycles. The van der Waals surface area contributed by atoms with Crippen molar-refractivity contribution in [2.75, 3.05) is 41.9 Å².